The lowest BCUT2D eigenvalue weighted by atomic mass is 9.81. The van der Waals surface area contributed by atoms with Crippen molar-refractivity contribution >= 4 is 5.91 Å². The zero-order chi connectivity index (χ0) is 14.6. The minimum Gasteiger partial charge on any atom is -0.466 e. The van der Waals surface area contributed by atoms with Gasteiger partial charge in [-0.15, -0.1) is 0 Å². The van der Waals surface area contributed by atoms with Gasteiger partial charge >= 0.3 is 0 Å². The summed E-state index contributed by atoms with van der Waals surface area (Å²) < 4.78 is 5.51. The van der Waals surface area contributed by atoms with Crippen LogP contribution in [0.3, 0.4) is 0 Å². The van der Waals surface area contributed by atoms with Gasteiger partial charge in [0.2, 0.25) is 5.91 Å². The Morgan fingerprint density at radius 3 is 2.37 bits per heavy atom. The van der Waals surface area contributed by atoms with Crippen LogP contribution >= 0.6 is 0 Å². The van der Waals surface area contributed by atoms with E-state index in [1.165, 1.54) is 0 Å². The number of carbonyl (C=O) groups excluding carboxylic acids is 1. The molecular weight excluding hydrogens is 240 g/mol. The molecule has 1 unspecified atom stereocenters. The molecule has 4 nitrogen and oxygen atoms in total. The number of aryl methyl sites for hydroxylation is 2. The molecule has 4 heteroatoms. The van der Waals surface area contributed by atoms with Crippen molar-refractivity contribution in [2.75, 3.05) is 6.54 Å². The molecule has 1 heterocycles. The second-order valence-electron chi connectivity index (χ2n) is 5.26. The van der Waals surface area contributed by atoms with Gasteiger partial charge in [-0.05, 0) is 39.7 Å². The van der Waals surface area contributed by atoms with Gasteiger partial charge in [0.05, 0.1) is 11.5 Å². The monoisotopic (exact) mass is 266 g/mol. The molecule has 19 heavy (non-hydrogen) atoms. The van der Waals surface area contributed by atoms with Crippen molar-refractivity contribution in [3.8, 4) is 0 Å². The molecule has 0 saturated carbocycles. The van der Waals surface area contributed by atoms with E-state index in [1.54, 1.807) is 0 Å². The molecule has 0 aliphatic carbocycles. The van der Waals surface area contributed by atoms with Gasteiger partial charge in [0, 0.05) is 12.1 Å². The Bertz CT molecular complexity index is 425. The van der Waals surface area contributed by atoms with Crippen LogP contribution in [0.4, 0.5) is 0 Å². The van der Waals surface area contributed by atoms with Crippen LogP contribution in [0.2, 0.25) is 0 Å². The van der Waals surface area contributed by atoms with E-state index >= 15 is 0 Å². The summed E-state index contributed by atoms with van der Waals surface area (Å²) in [6.07, 6.45) is 1.50. The summed E-state index contributed by atoms with van der Waals surface area (Å²) in [7, 11) is 0. The molecule has 0 bridgehead atoms. The van der Waals surface area contributed by atoms with Crippen LogP contribution in [0.1, 0.15) is 56.7 Å². The molecule has 1 rings (SSSR count). The van der Waals surface area contributed by atoms with Gasteiger partial charge in [-0.1, -0.05) is 13.8 Å². The maximum atomic E-state index is 12.4. The van der Waals surface area contributed by atoms with Crippen molar-refractivity contribution in [2.45, 2.75) is 53.5 Å². The number of rotatable bonds is 6. The SMILES string of the molecule is CCC(CC)(CN)C(=O)NC(C)c1cc(C)oc1C. The van der Waals surface area contributed by atoms with Crippen molar-refractivity contribution in [1.29, 1.82) is 0 Å². The fourth-order valence-corrected chi connectivity index (χ4v) is 2.46. The van der Waals surface area contributed by atoms with Crippen LogP contribution in [-0.4, -0.2) is 12.5 Å². The Labute approximate surface area is 115 Å². The molecule has 1 aromatic rings. The summed E-state index contributed by atoms with van der Waals surface area (Å²) in [5, 5.41) is 3.07. The minimum absolute atomic E-state index is 0.0331. The van der Waals surface area contributed by atoms with Crippen molar-refractivity contribution in [1.82, 2.24) is 5.32 Å². The molecule has 0 aliphatic rings. The lowest BCUT2D eigenvalue weighted by molar-refractivity contribution is -0.131. The number of nitrogens with one attached hydrogen (secondary N) is 1. The Hall–Kier alpha value is -1.29. The number of hydrogen-bond acceptors (Lipinski definition) is 3. The number of nitrogens with two attached hydrogens (primary N) is 1. The quantitative estimate of drug-likeness (QED) is 0.832. The van der Waals surface area contributed by atoms with Crippen molar-refractivity contribution in [3.63, 3.8) is 0 Å². The second kappa shape index (κ2) is 6.24. The van der Waals surface area contributed by atoms with Crippen molar-refractivity contribution in [2.24, 2.45) is 11.1 Å². The molecule has 108 valence electrons. The highest BCUT2D eigenvalue weighted by Gasteiger charge is 2.34. The van der Waals surface area contributed by atoms with Crippen LogP contribution in [0, 0.1) is 19.3 Å². The molecule has 0 fully saturated rings. The van der Waals surface area contributed by atoms with Crippen LogP contribution in [0.5, 0.6) is 0 Å². The highest BCUT2D eigenvalue weighted by Crippen LogP contribution is 2.27. The van der Waals surface area contributed by atoms with E-state index in [1.807, 2.05) is 40.7 Å². The predicted octanol–water partition coefficient (Wildman–Crippen LogP) is 2.84. The summed E-state index contributed by atoms with van der Waals surface area (Å²) in [6, 6.07) is 1.91. The van der Waals surface area contributed by atoms with Gasteiger partial charge in [0.1, 0.15) is 11.5 Å². The molecular formula is C15H26N2O2. The van der Waals surface area contributed by atoms with Crippen LogP contribution in [0.25, 0.3) is 0 Å². The molecule has 1 amide bonds. The van der Waals surface area contributed by atoms with Gasteiger partial charge in [0.15, 0.2) is 0 Å². The number of carbonyl (C=O) groups is 1. The lowest BCUT2D eigenvalue weighted by Crippen LogP contribution is -2.46. The average Bonchev–Trinajstić information content (AvgIpc) is 2.71. The maximum Gasteiger partial charge on any atom is 0.227 e. The van der Waals surface area contributed by atoms with E-state index in [0.29, 0.717) is 6.54 Å². The Kier molecular flexibility index (Phi) is 5.18. The van der Waals surface area contributed by atoms with Gasteiger partial charge in [0.25, 0.3) is 0 Å². The summed E-state index contributed by atoms with van der Waals surface area (Å²) in [4.78, 5) is 12.4. The molecule has 0 radical (unpaired) electrons. The lowest BCUT2D eigenvalue weighted by Gasteiger charge is -2.30. The third-order valence-corrected chi connectivity index (χ3v) is 4.12. The Morgan fingerprint density at radius 1 is 1.42 bits per heavy atom. The third kappa shape index (κ3) is 3.18. The number of hydrogen-bond donors (Lipinski definition) is 2. The smallest absolute Gasteiger partial charge is 0.227 e. The first kappa shape index (κ1) is 15.8. The van der Waals surface area contributed by atoms with Crippen LogP contribution in [0.15, 0.2) is 10.5 Å². The first-order valence-corrected chi connectivity index (χ1v) is 6.98. The average molecular weight is 266 g/mol. The normalized spacial score (nSPS) is 13.4. The summed E-state index contributed by atoms with van der Waals surface area (Å²) in [6.45, 7) is 10.2. The molecule has 1 atom stereocenters. The second-order valence-corrected chi connectivity index (χ2v) is 5.26. The van der Waals surface area contributed by atoms with E-state index in [4.69, 9.17) is 10.2 Å². The van der Waals surface area contributed by atoms with Gasteiger partial charge in [-0.2, -0.15) is 0 Å². The molecule has 3 N–H and O–H groups in total. The van der Waals surface area contributed by atoms with E-state index in [9.17, 15) is 4.79 Å². The molecule has 0 saturated heterocycles. The molecule has 0 spiro atoms. The fourth-order valence-electron chi connectivity index (χ4n) is 2.46. The van der Waals surface area contributed by atoms with Crippen molar-refractivity contribution < 1.29 is 9.21 Å². The van der Waals surface area contributed by atoms with E-state index in [-0.39, 0.29) is 11.9 Å². The summed E-state index contributed by atoms with van der Waals surface area (Å²) in [5.74, 6) is 1.76. The van der Waals surface area contributed by atoms with Gasteiger partial charge in [-0.3, -0.25) is 4.79 Å². The highest BCUT2D eigenvalue weighted by atomic mass is 16.3. The minimum atomic E-state index is -0.457. The van der Waals surface area contributed by atoms with E-state index < -0.39 is 5.41 Å². The van der Waals surface area contributed by atoms with E-state index in [2.05, 4.69) is 5.32 Å². The molecule has 1 aromatic heterocycles. The topological polar surface area (TPSA) is 68.3 Å². The number of furan rings is 1. The molecule has 0 aromatic carbocycles. The van der Waals surface area contributed by atoms with Gasteiger partial charge in [-0.25, -0.2) is 0 Å². The van der Waals surface area contributed by atoms with Crippen LogP contribution < -0.4 is 11.1 Å². The zero-order valence-corrected chi connectivity index (χ0v) is 12.7. The predicted molar refractivity (Wildman–Crippen MR) is 76.8 cm³/mol. The summed E-state index contributed by atoms with van der Waals surface area (Å²) >= 11 is 0. The third-order valence-electron chi connectivity index (χ3n) is 4.12. The standard InChI is InChI=1S/C15H26N2O2/c1-6-15(7-2,9-16)14(18)17-11(4)13-8-10(3)19-12(13)5/h8,11H,6-7,9,16H2,1-5H3,(H,17,18). The van der Waals surface area contributed by atoms with E-state index in [0.717, 1.165) is 29.9 Å². The van der Waals surface area contributed by atoms with Crippen molar-refractivity contribution in [3.05, 3.63) is 23.2 Å². The van der Waals surface area contributed by atoms with Crippen LogP contribution in [-0.2, 0) is 4.79 Å². The molecule has 0 aliphatic heterocycles. The first-order valence-electron chi connectivity index (χ1n) is 6.98. The highest BCUT2D eigenvalue weighted by molar-refractivity contribution is 5.83. The largest absolute Gasteiger partial charge is 0.466 e. The first-order chi connectivity index (χ1) is 8.90. The fraction of sp³-hybridized carbons (Fsp3) is 0.667. The zero-order valence-electron chi connectivity index (χ0n) is 12.7. The Balaban J connectivity index is 2.84. The van der Waals surface area contributed by atoms with Gasteiger partial charge < -0.3 is 15.5 Å². The Morgan fingerprint density at radius 2 is 2.00 bits per heavy atom. The number of amides is 1. The maximum absolute atomic E-state index is 12.4. The summed E-state index contributed by atoms with van der Waals surface area (Å²) in [5.41, 5.74) is 6.37.